The van der Waals surface area contributed by atoms with Crippen molar-refractivity contribution in [1.82, 2.24) is 19.9 Å². The van der Waals surface area contributed by atoms with Crippen LogP contribution in [0.15, 0.2) is 30.7 Å². The van der Waals surface area contributed by atoms with Gasteiger partial charge < -0.3 is 15.6 Å². The van der Waals surface area contributed by atoms with Crippen LogP contribution in [-0.2, 0) is 0 Å². The summed E-state index contributed by atoms with van der Waals surface area (Å²) in [7, 11) is 0. The van der Waals surface area contributed by atoms with Crippen molar-refractivity contribution >= 4 is 28.5 Å². The van der Waals surface area contributed by atoms with Crippen LogP contribution in [-0.4, -0.2) is 32.7 Å². The summed E-state index contributed by atoms with van der Waals surface area (Å²) < 4.78 is 37.3. The molecule has 0 saturated carbocycles. The molecule has 0 bridgehead atoms. The number of anilines is 3. The summed E-state index contributed by atoms with van der Waals surface area (Å²) in [5.41, 5.74) is 1.15. The van der Waals surface area contributed by atoms with Crippen molar-refractivity contribution in [2.45, 2.75) is 6.18 Å². The third kappa shape index (κ3) is 3.52. The number of nitrogens with zero attached hydrogens (tertiary/aromatic N) is 4. The van der Waals surface area contributed by atoms with E-state index < -0.39 is 12.7 Å². The number of H-pyrrole nitrogens is 1. The molecule has 0 atom stereocenters. The number of hydrogen-bond acceptors (Lipinski definition) is 6. The van der Waals surface area contributed by atoms with Crippen LogP contribution in [0, 0.1) is 11.3 Å². The lowest BCUT2D eigenvalue weighted by Crippen LogP contribution is -2.22. The first-order valence-corrected chi connectivity index (χ1v) is 6.72. The summed E-state index contributed by atoms with van der Waals surface area (Å²) in [5.74, 6) is 0.122. The molecule has 3 heterocycles. The van der Waals surface area contributed by atoms with E-state index in [2.05, 4.69) is 30.6 Å². The second-order valence-corrected chi connectivity index (χ2v) is 4.80. The molecule has 3 aromatic heterocycles. The van der Waals surface area contributed by atoms with Crippen molar-refractivity contribution in [2.24, 2.45) is 0 Å². The van der Waals surface area contributed by atoms with Crippen molar-refractivity contribution in [3.63, 3.8) is 0 Å². The summed E-state index contributed by atoms with van der Waals surface area (Å²) in [6, 6.07) is 5.05. The number of fused-ring (bicyclic) bond motifs is 1. The van der Waals surface area contributed by atoms with E-state index in [0.717, 1.165) is 0 Å². The first-order valence-electron chi connectivity index (χ1n) is 6.72. The van der Waals surface area contributed by atoms with E-state index in [0.29, 0.717) is 22.3 Å². The summed E-state index contributed by atoms with van der Waals surface area (Å²) in [6.45, 7) is -1.21. The van der Waals surface area contributed by atoms with Gasteiger partial charge in [-0.05, 0) is 12.1 Å². The smallest absolute Gasteiger partial charge is 0.360 e. The van der Waals surface area contributed by atoms with E-state index in [1.54, 1.807) is 12.3 Å². The summed E-state index contributed by atoms with van der Waals surface area (Å²) in [4.78, 5) is 15.0. The van der Waals surface area contributed by atoms with Crippen molar-refractivity contribution in [1.29, 1.82) is 5.26 Å². The fourth-order valence-corrected chi connectivity index (χ4v) is 2.01. The van der Waals surface area contributed by atoms with Gasteiger partial charge in [0.15, 0.2) is 0 Å². The minimum Gasteiger partial charge on any atom is -0.360 e. The molecule has 3 N–H and O–H groups in total. The number of nitriles is 1. The molecule has 3 rings (SSSR count). The topological polar surface area (TPSA) is 102 Å². The van der Waals surface area contributed by atoms with Crippen LogP contribution in [0.2, 0.25) is 0 Å². The van der Waals surface area contributed by atoms with Gasteiger partial charge >= 0.3 is 6.18 Å². The molecule has 24 heavy (non-hydrogen) atoms. The quantitative estimate of drug-likeness (QED) is 0.678. The number of nitrogens with one attached hydrogen (secondary N) is 3. The van der Waals surface area contributed by atoms with Gasteiger partial charge in [0.2, 0.25) is 5.95 Å². The SMILES string of the molecule is N#Cc1cncc(Nc2nc(NCC(F)(F)F)c3cc[nH]c3n2)c1. The predicted octanol–water partition coefficient (Wildman–Crippen LogP) is 2.94. The van der Waals surface area contributed by atoms with Crippen LogP contribution in [0.5, 0.6) is 0 Å². The Balaban J connectivity index is 1.92. The highest BCUT2D eigenvalue weighted by Gasteiger charge is 2.27. The van der Waals surface area contributed by atoms with Crippen molar-refractivity contribution in [3.8, 4) is 6.07 Å². The van der Waals surface area contributed by atoms with E-state index >= 15 is 0 Å². The molecule has 0 amide bonds. The highest BCUT2D eigenvalue weighted by molar-refractivity contribution is 5.88. The molecule has 3 aromatic rings. The number of pyridine rings is 1. The molecule has 0 aliphatic rings. The number of aromatic amines is 1. The van der Waals surface area contributed by atoms with Crippen LogP contribution in [0.3, 0.4) is 0 Å². The molecule has 0 unspecified atom stereocenters. The van der Waals surface area contributed by atoms with E-state index in [9.17, 15) is 13.2 Å². The summed E-state index contributed by atoms with van der Waals surface area (Å²) in [5, 5.41) is 14.4. The average Bonchev–Trinajstić information content (AvgIpc) is 3.00. The first kappa shape index (κ1) is 15.5. The molecule has 0 aromatic carbocycles. The Morgan fingerprint density at radius 3 is 2.83 bits per heavy atom. The molecular formula is C14H10F3N7. The monoisotopic (exact) mass is 333 g/mol. The second kappa shape index (κ2) is 6.04. The lowest BCUT2D eigenvalue weighted by atomic mass is 10.3. The number of hydrogen-bond donors (Lipinski definition) is 3. The number of alkyl halides is 3. The largest absolute Gasteiger partial charge is 0.405 e. The van der Waals surface area contributed by atoms with Gasteiger partial charge in [-0.2, -0.15) is 28.4 Å². The summed E-state index contributed by atoms with van der Waals surface area (Å²) >= 11 is 0. The van der Waals surface area contributed by atoms with Crippen molar-refractivity contribution in [3.05, 3.63) is 36.3 Å². The molecule has 0 radical (unpaired) electrons. The maximum atomic E-state index is 12.4. The van der Waals surface area contributed by atoms with Gasteiger partial charge in [-0.25, -0.2) is 0 Å². The van der Waals surface area contributed by atoms with Gasteiger partial charge in [0, 0.05) is 12.4 Å². The average molecular weight is 333 g/mol. The number of aromatic nitrogens is 4. The maximum absolute atomic E-state index is 12.4. The number of rotatable bonds is 4. The molecule has 0 fully saturated rings. The predicted molar refractivity (Wildman–Crippen MR) is 80.7 cm³/mol. The molecule has 7 nitrogen and oxygen atoms in total. The summed E-state index contributed by atoms with van der Waals surface area (Å²) in [6.07, 6.45) is 0.0222. The van der Waals surface area contributed by atoms with Crippen LogP contribution in [0.1, 0.15) is 5.56 Å². The lowest BCUT2D eigenvalue weighted by Gasteiger charge is -2.11. The molecule has 0 aliphatic carbocycles. The second-order valence-electron chi connectivity index (χ2n) is 4.80. The molecule has 122 valence electrons. The minimum atomic E-state index is -4.37. The molecule has 0 saturated heterocycles. The normalized spacial score (nSPS) is 11.2. The van der Waals surface area contributed by atoms with Crippen LogP contribution in [0.25, 0.3) is 11.0 Å². The highest BCUT2D eigenvalue weighted by atomic mass is 19.4. The zero-order chi connectivity index (χ0) is 17.2. The van der Waals surface area contributed by atoms with Crippen LogP contribution < -0.4 is 10.6 Å². The Hall–Kier alpha value is -3.35. The highest BCUT2D eigenvalue weighted by Crippen LogP contribution is 2.24. The fourth-order valence-electron chi connectivity index (χ4n) is 2.01. The Morgan fingerprint density at radius 1 is 1.25 bits per heavy atom. The molecule has 0 aliphatic heterocycles. The van der Waals surface area contributed by atoms with Crippen LogP contribution in [0.4, 0.5) is 30.6 Å². The van der Waals surface area contributed by atoms with E-state index in [-0.39, 0.29) is 11.8 Å². The first-order chi connectivity index (χ1) is 11.4. The van der Waals surface area contributed by atoms with E-state index in [1.165, 1.54) is 18.5 Å². The Bertz CT molecular complexity index is 911. The number of halogens is 3. The third-order valence-corrected chi connectivity index (χ3v) is 3.00. The molecule has 10 heteroatoms. The van der Waals surface area contributed by atoms with E-state index in [1.807, 2.05) is 6.07 Å². The van der Waals surface area contributed by atoms with Gasteiger partial charge in [-0.3, -0.25) is 4.98 Å². The van der Waals surface area contributed by atoms with Gasteiger partial charge in [-0.15, -0.1) is 0 Å². The van der Waals surface area contributed by atoms with Gasteiger partial charge in [0.1, 0.15) is 24.1 Å². The minimum absolute atomic E-state index is 0.0467. The van der Waals surface area contributed by atoms with E-state index in [4.69, 9.17) is 5.26 Å². The Kier molecular flexibility index (Phi) is 3.91. The molecule has 0 spiro atoms. The molecular weight excluding hydrogens is 323 g/mol. The fraction of sp³-hybridized carbons (Fsp3) is 0.143. The van der Waals surface area contributed by atoms with Crippen molar-refractivity contribution < 1.29 is 13.2 Å². The standard InChI is InChI=1S/C14H10F3N7/c15-14(16,17)7-21-12-10-1-2-20-11(10)23-13(24-12)22-9-3-8(4-18)5-19-6-9/h1-3,5-6H,7H2,(H3,20,21,22,23,24). The van der Waals surface area contributed by atoms with Gasteiger partial charge in [0.25, 0.3) is 0 Å². The Labute approximate surface area is 133 Å². The van der Waals surface area contributed by atoms with Crippen molar-refractivity contribution in [2.75, 3.05) is 17.2 Å². The maximum Gasteiger partial charge on any atom is 0.405 e. The zero-order valence-corrected chi connectivity index (χ0v) is 12.0. The lowest BCUT2D eigenvalue weighted by molar-refractivity contribution is -0.115. The van der Waals surface area contributed by atoms with Gasteiger partial charge in [0.05, 0.1) is 22.8 Å². The zero-order valence-electron chi connectivity index (χ0n) is 12.0. The third-order valence-electron chi connectivity index (χ3n) is 3.00. The Morgan fingerprint density at radius 2 is 2.08 bits per heavy atom. The van der Waals surface area contributed by atoms with Gasteiger partial charge in [-0.1, -0.05) is 0 Å². The van der Waals surface area contributed by atoms with Crippen LogP contribution >= 0.6 is 0 Å².